The van der Waals surface area contributed by atoms with Crippen LogP contribution in [0.15, 0.2) is 24.5 Å². The Hall–Kier alpha value is -2.74. The fourth-order valence-corrected chi connectivity index (χ4v) is 3.40. The molecule has 0 aliphatic carbocycles. The number of hydrogen-bond acceptors (Lipinski definition) is 5. The maximum absolute atomic E-state index is 12.2. The molecule has 3 N–H and O–H groups in total. The Labute approximate surface area is 165 Å². The molecular weight excluding hydrogens is 356 g/mol. The Morgan fingerprint density at radius 2 is 2.11 bits per heavy atom. The smallest absolute Gasteiger partial charge is 0.227 e. The molecule has 0 saturated carbocycles. The van der Waals surface area contributed by atoms with Gasteiger partial charge in [0.05, 0.1) is 11.6 Å². The molecule has 2 aromatic rings. The molecule has 8 nitrogen and oxygen atoms in total. The van der Waals surface area contributed by atoms with Crippen LogP contribution in [0.25, 0.3) is 0 Å². The van der Waals surface area contributed by atoms with Crippen molar-refractivity contribution in [1.82, 2.24) is 30.7 Å². The summed E-state index contributed by atoms with van der Waals surface area (Å²) in [6.45, 7) is 8.27. The molecule has 8 heteroatoms. The highest BCUT2D eigenvalue weighted by atomic mass is 16.2. The summed E-state index contributed by atoms with van der Waals surface area (Å²) < 4.78 is 1.80. The Morgan fingerprint density at radius 1 is 1.32 bits per heavy atom. The van der Waals surface area contributed by atoms with Gasteiger partial charge in [-0.25, -0.2) is 4.68 Å². The van der Waals surface area contributed by atoms with E-state index in [4.69, 9.17) is 0 Å². The molecule has 28 heavy (non-hydrogen) atoms. The van der Waals surface area contributed by atoms with E-state index in [1.807, 2.05) is 39.8 Å². The van der Waals surface area contributed by atoms with Gasteiger partial charge in [0.1, 0.15) is 0 Å². The zero-order valence-electron chi connectivity index (χ0n) is 16.8. The van der Waals surface area contributed by atoms with Crippen LogP contribution in [0, 0.1) is 19.8 Å². The van der Waals surface area contributed by atoms with E-state index in [1.165, 1.54) is 0 Å². The van der Waals surface area contributed by atoms with Crippen molar-refractivity contribution in [3.63, 3.8) is 0 Å². The molecule has 1 aliphatic rings. The highest BCUT2D eigenvalue weighted by molar-refractivity contribution is 5.79. The zero-order valence-corrected chi connectivity index (χ0v) is 16.8. The van der Waals surface area contributed by atoms with Crippen molar-refractivity contribution >= 4 is 11.8 Å². The van der Waals surface area contributed by atoms with Gasteiger partial charge in [0, 0.05) is 37.1 Å². The lowest BCUT2D eigenvalue weighted by atomic mass is 10.0. The van der Waals surface area contributed by atoms with Crippen LogP contribution < -0.4 is 16.0 Å². The van der Waals surface area contributed by atoms with Gasteiger partial charge in [0.2, 0.25) is 11.8 Å². The van der Waals surface area contributed by atoms with Crippen LogP contribution in [0.1, 0.15) is 49.1 Å². The van der Waals surface area contributed by atoms with Gasteiger partial charge in [-0.15, -0.1) is 0 Å². The number of hydrogen-bond donors (Lipinski definition) is 3. The lowest BCUT2D eigenvalue weighted by molar-refractivity contribution is -0.130. The summed E-state index contributed by atoms with van der Waals surface area (Å²) in [5, 5.41) is 13.9. The highest BCUT2D eigenvalue weighted by Crippen LogP contribution is 2.20. The number of carbonyl (C=O) groups excluding carboxylic acids is 2. The fraction of sp³-hybridized carbons (Fsp3) is 0.500. The first kappa shape index (κ1) is 20.0. The monoisotopic (exact) mass is 384 g/mol. The number of pyridine rings is 1. The van der Waals surface area contributed by atoms with Crippen LogP contribution in [0.3, 0.4) is 0 Å². The fourth-order valence-electron chi connectivity index (χ4n) is 3.40. The Morgan fingerprint density at radius 3 is 2.79 bits per heavy atom. The molecule has 1 aliphatic heterocycles. The molecule has 0 aromatic carbocycles. The molecule has 0 radical (unpaired) electrons. The van der Waals surface area contributed by atoms with E-state index < -0.39 is 0 Å². The molecule has 2 aromatic heterocycles. The SMILES string of the molecule is Cc1nn(C2NC(=O)C(C)C(C)N2)c(C)c1CCC(=O)NCc1cccnc1. The minimum absolute atomic E-state index is 0.0121. The van der Waals surface area contributed by atoms with Gasteiger partial charge in [-0.2, -0.15) is 5.10 Å². The minimum Gasteiger partial charge on any atom is -0.352 e. The molecule has 3 unspecified atom stereocenters. The van der Waals surface area contributed by atoms with E-state index in [2.05, 4.69) is 26.0 Å². The van der Waals surface area contributed by atoms with Gasteiger partial charge in [-0.05, 0) is 44.4 Å². The predicted octanol–water partition coefficient (Wildman–Crippen LogP) is 1.34. The van der Waals surface area contributed by atoms with Crippen LogP contribution >= 0.6 is 0 Å². The van der Waals surface area contributed by atoms with Crippen LogP contribution in [0.2, 0.25) is 0 Å². The number of nitrogens with one attached hydrogen (secondary N) is 3. The van der Waals surface area contributed by atoms with Crippen LogP contribution in [-0.2, 0) is 22.6 Å². The van der Waals surface area contributed by atoms with Gasteiger partial charge >= 0.3 is 0 Å². The average molecular weight is 384 g/mol. The van der Waals surface area contributed by atoms with Crippen LogP contribution in [-0.4, -0.2) is 32.6 Å². The second-order valence-corrected chi connectivity index (χ2v) is 7.39. The van der Waals surface area contributed by atoms with Gasteiger partial charge < -0.3 is 10.6 Å². The number of rotatable bonds is 6. The molecule has 2 amide bonds. The molecule has 0 spiro atoms. The molecule has 1 fully saturated rings. The maximum atomic E-state index is 12.2. The van der Waals surface area contributed by atoms with Crippen molar-refractivity contribution in [2.45, 2.75) is 59.4 Å². The molecule has 0 bridgehead atoms. The standard InChI is InChI=1S/C20H28N6O2/c1-12-13(2)23-20(24-19(12)28)26-15(4)17(14(3)25-26)7-8-18(27)22-11-16-6-5-9-21-10-16/h5-6,9-10,12-13,20,23H,7-8,11H2,1-4H3,(H,22,27)(H,24,28). The summed E-state index contributed by atoms with van der Waals surface area (Å²) in [5.74, 6) is -0.0849. The van der Waals surface area contributed by atoms with Crippen molar-refractivity contribution in [2.24, 2.45) is 5.92 Å². The molecule has 150 valence electrons. The zero-order chi connectivity index (χ0) is 20.3. The quantitative estimate of drug-likeness (QED) is 0.698. The maximum Gasteiger partial charge on any atom is 0.227 e. The molecule has 1 saturated heterocycles. The molecular formula is C20H28N6O2. The normalized spacial score (nSPS) is 22.0. The number of aryl methyl sites for hydroxylation is 1. The van der Waals surface area contributed by atoms with E-state index >= 15 is 0 Å². The third kappa shape index (κ3) is 4.39. The van der Waals surface area contributed by atoms with Gasteiger partial charge in [0.25, 0.3) is 0 Å². The average Bonchev–Trinajstić information content (AvgIpc) is 2.97. The van der Waals surface area contributed by atoms with Gasteiger partial charge in [-0.3, -0.25) is 19.9 Å². The van der Waals surface area contributed by atoms with E-state index in [9.17, 15) is 9.59 Å². The van der Waals surface area contributed by atoms with Crippen LogP contribution in [0.4, 0.5) is 0 Å². The predicted molar refractivity (Wildman–Crippen MR) is 105 cm³/mol. The first-order valence-electron chi connectivity index (χ1n) is 9.63. The summed E-state index contributed by atoms with van der Waals surface area (Å²) in [6.07, 6.45) is 4.06. The first-order valence-corrected chi connectivity index (χ1v) is 9.63. The lowest BCUT2D eigenvalue weighted by Crippen LogP contribution is -2.57. The van der Waals surface area contributed by atoms with E-state index in [-0.39, 0.29) is 30.1 Å². The largest absolute Gasteiger partial charge is 0.352 e. The first-order chi connectivity index (χ1) is 13.4. The van der Waals surface area contributed by atoms with Crippen molar-refractivity contribution in [3.8, 4) is 0 Å². The Kier molecular flexibility index (Phi) is 6.08. The molecule has 3 atom stereocenters. The number of nitrogens with zero attached hydrogens (tertiary/aromatic N) is 3. The van der Waals surface area contributed by atoms with Crippen molar-refractivity contribution < 1.29 is 9.59 Å². The number of amides is 2. The third-order valence-electron chi connectivity index (χ3n) is 5.40. The number of carbonyl (C=O) groups is 2. The molecule has 3 rings (SSSR count). The van der Waals surface area contributed by atoms with Crippen LogP contribution in [0.5, 0.6) is 0 Å². The summed E-state index contributed by atoms with van der Waals surface area (Å²) in [5.41, 5.74) is 3.84. The van der Waals surface area contributed by atoms with Crippen molar-refractivity contribution in [3.05, 3.63) is 47.0 Å². The highest BCUT2D eigenvalue weighted by Gasteiger charge is 2.32. The minimum atomic E-state index is -0.370. The van der Waals surface area contributed by atoms with E-state index in [0.29, 0.717) is 19.4 Å². The second kappa shape index (κ2) is 8.52. The number of aromatic nitrogens is 3. The van der Waals surface area contributed by atoms with Gasteiger partial charge in [-0.1, -0.05) is 13.0 Å². The van der Waals surface area contributed by atoms with E-state index in [1.54, 1.807) is 17.1 Å². The van der Waals surface area contributed by atoms with Gasteiger partial charge in [0.15, 0.2) is 6.29 Å². The summed E-state index contributed by atoms with van der Waals surface area (Å²) in [7, 11) is 0. The summed E-state index contributed by atoms with van der Waals surface area (Å²) in [4.78, 5) is 28.4. The Balaban J connectivity index is 1.60. The molecule has 3 heterocycles. The third-order valence-corrected chi connectivity index (χ3v) is 5.40. The van der Waals surface area contributed by atoms with E-state index in [0.717, 1.165) is 22.5 Å². The summed E-state index contributed by atoms with van der Waals surface area (Å²) in [6, 6.07) is 3.84. The summed E-state index contributed by atoms with van der Waals surface area (Å²) >= 11 is 0. The Bertz CT molecular complexity index is 848. The topological polar surface area (TPSA) is 101 Å². The lowest BCUT2D eigenvalue weighted by Gasteiger charge is -2.34. The van der Waals surface area contributed by atoms with Crippen molar-refractivity contribution in [2.75, 3.05) is 0 Å². The van der Waals surface area contributed by atoms with Crippen molar-refractivity contribution in [1.29, 1.82) is 0 Å². The second-order valence-electron chi connectivity index (χ2n) is 7.39.